The normalized spacial score (nSPS) is 29.6. The molecule has 7 aliphatic rings. The molecule has 8 aromatic rings. The maximum Gasteiger partial charge on any atom is 0.351 e. The standard InChI is InChI=1S/C73H100N19O38P7S7/c1-9-10-38-39(11-52(117-38)86-18-32(2)60(74)80-68(86)97)125-132(104,139)111-25-47-41(13-54(119-47)88-20-34(4)64(93)82-70(88)99)127-134(106,141)113-26-48-43(15-56(120-48)90-22-36(6)66(95)84-72(90)101)128-135(107,142)114-27-49-44(16-57(121-49)91-23-37(7)67(96)85-73(91)102)129-136(108,143)116-29-51-45(17-58(123-51)92-31-79-59-62(76)77-30-78-63(59)92)130-137(109,144)115-28-50-42(14-55(122-50)89-21-35(5)65(94)83-71(89)100)126-133(105,140)112-24-46-40(124-131(103,138)110-8)12-53(118-46)87-19-33(3)61(75)81-69(87)98/h18-23,30-31,38-58H,9-17,24-29H2,1-8H3,(H,103,138)(H,104,139)(H,105,140)(H,106,141)(H,107,142)(H,108,143)(H,109,144)(H2,74,80,97)(H2,75,81,98)(H2,76,77,78)(H,82,93,99)(H,83,94,100)(H,84,95,101)(H,85,96,102)/p-7/t38-,39?,40?,41?,42?,43?,44?,45?,46-,47-,48-,49-,50-,51-,52-,53-,54-,55-,56-,57-,58-,131?,132?,133?,134?,135?,136?,137?/m1/s1. The molecule has 28 atom stereocenters. The molecule has 0 amide bonds. The van der Waals surface area contributed by atoms with Gasteiger partial charge in [0, 0.05) is 123 Å². The van der Waals surface area contributed by atoms with E-state index in [4.69, 9.17) is 197 Å². The third-order valence-corrected chi connectivity index (χ3v) is 34.9. The number of aryl methyl sites for hydroxylation is 6. The molecule has 0 aliphatic carbocycles. The molecular weight excluding hydrogens is 2190 g/mol. The first kappa shape index (κ1) is 112. The van der Waals surface area contributed by atoms with Crippen molar-refractivity contribution in [2.24, 2.45) is 0 Å². The van der Waals surface area contributed by atoms with Crippen LogP contribution in [-0.4, -0.2) is 209 Å². The first-order chi connectivity index (χ1) is 67.6. The number of nitrogen functional groups attached to an aromatic ring is 3. The Hall–Kier alpha value is -6.17. The number of ether oxygens (including phenoxy) is 7. The number of nitrogens with two attached hydrogens (primary N) is 3. The summed E-state index contributed by atoms with van der Waals surface area (Å²) in [5, 5.41) is 0. The van der Waals surface area contributed by atoms with E-state index in [-0.39, 0.29) is 70.1 Å². The quantitative estimate of drug-likeness (QED) is 0.0154. The highest BCUT2D eigenvalue weighted by atomic mass is 32.7. The molecule has 0 spiro atoms. The molecule has 57 nitrogen and oxygen atoms in total. The van der Waals surface area contributed by atoms with Crippen LogP contribution in [0.25, 0.3) is 11.2 Å². The molecule has 0 saturated carbocycles. The zero-order chi connectivity index (χ0) is 104. The molecule has 7 fully saturated rings. The van der Waals surface area contributed by atoms with E-state index in [2.05, 4.69) is 44.9 Å². The molecule has 15 heterocycles. The predicted octanol–water partition coefficient (Wildman–Crippen LogP) is -2.44. The number of aromatic amines is 4. The number of nitrogens with one attached hydrogen (secondary N) is 4. The van der Waals surface area contributed by atoms with Crippen LogP contribution in [0.1, 0.15) is 142 Å². The fourth-order valence-electron chi connectivity index (χ4n) is 16.5. The minimum Gasteiger partial charge on any atom is -0.780 e. The Morgan fingerprint density at radius 1 is 0.368 bits per heavy atom. The van der Waals surface area contributed by atoms with E-state index in [1.807, 2.05) is 6.92 Å². The minimum atomic E-state index is -5.08. The number of H-pyrrole nitrogens is 4. The number of hydrogen-bond donors (Lipinski definition) is 7. The third-order valence-electron chi connectivity index (χ3n) is 23.8. The molecular formula is C73H93N19O38P7S7-7. The van der Waals surface area contributed by atoms with Crippen molar-refractivity contribution in [1.82, 2.24) is 76.8 Å². The van der Waals surface area contributed by atoms with E-state index in [1.165, 1.54) is 61.7 Å². The van der Waals surface area contributed by atoms with Crippen molar-refractivity contribution in [3.05, 3.63) is 188 Å². The molecule has 0 radical (unpaired) electrons. The molecule has 0 bridgehead atoms. The number of nitrogens with zero attached hydrogens (tertiary/aromatic N) is 12. The summed E-state index contributed by atoms with van der Waals surface area (Å²) in [6, 6.07) is 0. The number of aromatic nitrogens is 16. The fourth-order valence-corrected chi connectivity index (χ4v) is 26.3. The number of fused-ring (bicyclic) bond motifs is 1. The summed E-state index contributed by atoms with van der Waals surface area (Å²) in [5.41, 5.74) is 10.4. The molecule has 8 aromatic heterocycles. The summed E-state index contributed by atoms with van der Waals surface area (Å²) in [6.45, 7) is -28.5. The maximum absolute atomic E-state index is 15.0. The number of hydrogen-bond acceptors (Lipinski definition) is 53. The lowest BCUT2D eigenvalue weighted by atomic mass is 10.1. The van der Waals surface area contributed by atoms with E-state index < -0.39 is 298 Å². The van der Waals surface area contributed by atoms with Gasteiger partial charge in [0.15, 0.2) is 18.3 Å². The van der Waals surface area contributed by atoms with Crippen LogP contribution in [0.4, 0.5) is 17.5 Å². The molecule has 144 heavy (non-hydrogen) atoms. The van der Waals surface area contributed by atoms with E-state index in [9.17, 15) is 81.9 Å². The fraction of sp³-hybridized carbons (Fsp3) is 0.603. The van der Waals surface area contributed by atoms with Crippen LogP contribution in [-0.2, 0) is 184 Å². The molecule has 792 valence electrons. The molecule has 14 unspecified atom stereocenters. The van der Waals surface area contributed by atoms with E-state index >= 15 is 0 Å². The van der Waals surface area contributed by atoms with Crippen molar-refractivity contribution >= 4 is 159 Å². The molecule has 0 aromatic carbocycles. The lowest BCUT2D eigenvalue weighted by molar-refractivity contribution is -0.221. The molecule has 7 saturated heterocycles. The van der Waals surface area contributed by atoms with Crippen LogP contribution in [0.3, 0.4) is 0 Å². The van der Waals surface area contributed by atoms with Crippen molar-refractivity contribution in [2.45, 2.75) is 235 Å². The summed E-state index contributed by atoms with van der Waals surface area (Å²) in [4.78, 5) is 246. The topological polar surface area (TPSA) is 760 Å². The largest absolute Gasteiger partial charge is 0.780 e. The lowest BCUT2D eigenvalue weighted by Gasteiger charge is -2.36. The summed E-state index contributed by atoms with van der Waals surface area (Å²) in [7, 11) is 1.02. The van der Waals surface area contributed by atoms with Gasteiger partial charge in [-0.15, -0.1) is 0 Å². The van der Waals surface area contributed by atoms with Gasteiger partial charge in [0.2, 0.25) is 0 Å². The minimum absolute atomic E-state index is 0.00111. The van der Waals surface area contributed by atoms with E-state index in [1.54, 1.807) is 13.8 Å². The summed E-state index contributed by atoms with van der Waals surface area (Å²) >= 11 is 37.8. The number of rotatable bonds is 42. The zero-order valence-corrected chi connectivity index (χ0v) is 88.4. The highest BCUT2D eigenvalue weighted by molar-refractivity contribution is 8.32. The molecule has 15 rings (SSSR count). The summed E-state index contributed by atoms with van der Waals surface area (Å²) < 4.78 is 147. The van der Waals surface area contributed by atoms with Crippen LogP contribution >= 0.6 is 47.1 Å². The van der Waals surface area contributed by atoms with Gasteiger partial charge in [-0.05, 0) is 48.0 Å². The average Bonchev–Trinajstić information content (AvgIpc) is 1.63. The molecule has 10 N–H and O–H groups in total. The van der Waals surface area contributed by atoms with Crippen LogP contribution in [0.2, 0.25) is 0 Å². The average molecular weight is 2290 g/mol. The Kier molecular flexibility index (Phi) is 35.3. The van der Waals surface area contributed by atoms with Gasteiger partial charge in [0.05, 0.1) is 94.8 Å². The monoisotopic (exact) mass is 2280 g/mol. The Labute approximate surface area is 847 Å². The van der Waals surface area contributed by atoms with Gasteiger partial charge in [0.1, 0.15) is 144 Å². The maximum atomic E-state index is 15.0. The van der Waals surface area contributed by atoms with Crippen molar-refractivity contribution in [3.8, 4) is 0 Å². The van der Waals surface area contributed by atoms with Gasteiger partial charge >= 0.3 is 34.1 Å². The molecule has 71 heteroatoms. The number of imidazole rings is 1. The Morgan fingerprint density at radius 2 is 0.625 bits per heavy atom. The summed E-state index contributed by atoms with van der Waals surface area (Å²) in [5.74, 6) is -0.133. The van der Waals surface area contributed by atoms with Gasteiger partial charge in [-0.1, -0.05) is 84.2 Å². The van der Waals surface area contributed by atoms with Crippen LogP contribution in [0.5, 0.6) is 0 Å². The second-order valence-electron chi connectivity index (χ2n) is 33.9. The van der Waals surface area contributed by atoms with Crippen molar-refractivity contribution < 1.29 is 130 Å². The van der Waals surface area contributed by atoms with Gasteiger partial charge in [0.25, 0.3) is 22.2 Å². The van der Waals surface area contributed by atoms with E-state index in [0.717, 1.165) is 54.9 Å². The van der Waals surface area contributed by atoms with Gasteiger partial charge < -0.3 is 155 Å². The Bertz CT molecular complexity index is 7200. The SMILES string of the molecule is CCC[C@H]1O[C@@H](n2cc(C)c(N)nc2=O)CC1OP([O-])(=S)OC[C@H]1O[C@@H](n2cc(C)c(=O)[nH]c2=O)CC1OP(=O)([S-])OC[C@H]1O[C@@H](n2cc(C)c(=O)[nH]c2=O)CC1OP([O-])(=S)OC[C@H]1O[C@@H](n2cc(C)c(=O)[nH]c2=O)CC1OP([O-])(=S)OC[C@H]1O[C@@H](n2cnc3c(N)ncnc32)CC1OP([O-])(=S)OC[C@H]1O[C@@H](n2cc(C)c(=O)[nH]c2=O)CC1OP([O-])(=S)OC[C@H]1O[C@@H](n2cc(C)c(N)nc2=O)CC1OP([O-])(=S)OC. The first-order valence-corrected chi connectivity index (χ1v) is 61.4. The highest BCUT2D eigenvalue weighted by Crippen LogP contribution is 2.57. The Balaban J connectivity index is 0.636. The number of anilines is 3. The van der Waals surface area contributed by atoms with Crippen LogP contribution in [0.15, 0.2) is 97.8 Å². The highest BCUT2D eigenvalue weighted by Gasteiger charge is 2.49. The first-order valence-electron chi connectivity index (χ1n) is 43.5. The van der Waals surface area contributed by atoms with Crippen LogP contribution in [0, 0.1) is 41.5 Å². The lowest BCUT2D eigenvalue weighted by Crippen LogP contribution is -2.34. The van der Waals surface area contributed by atoms with Gasteiger partial charge in [-0.3, -0.25) is 75.6 Å². The molecule has 7 aliphatic heterocycles. The third kappa shape index (κ3) is 27.1. The van der Waals surface area contributed by atoms with Crippen LogP contribution < -0.4 is 103 Å². The smallest absolute Gasteiger partial charge is 0.351 e. The van der Waals surface area contributed by atoms with Gasteiger partial charge in [-0.25, -0.2) is 43.7 Å². The van der Waals surface area contributed by atoms with E-state index in [0.29, 0.717) is 24.0 Å². The zero-order valence-electron chi connectivity index (χ0n) is 76.5. The van der Waals surface area contributed by atoms with Gasteiger partial charge in [-0.2, -0.15) is 9.97 Å². The predicted molar refractivity (Wildman–Crippen MR) is 511 cm³/mol. The van der Waals surface area contributed by atoms with Crippen molar-refractivity contribution in [1.29, 1.82) is 0 Å². The van der Waals surface area contributed by atoms with Crippen molar-refractivity contribution in [3.63, 3.8) is 0 Å². The Morgan fingerprint density at radius 3 is 0.924 bits per heavy atom. The second-order valence-corrected chi connectivity index (χ2v) is 53.0. The van der Waals surface area contributed by atoms with Crippen molar-refractivity contribution in [2.75, 3.05) is 64.0 Å². The second kappa shape index (κ2) is 45.4. The summed E-state index contributed by atoms with van der Waals surface area (Å²) in [6.07, 6.45) is -21.2.